The third-order valence-corrected chi connectivity index (χ3v) is 9.06. The van der Waals surface area contributed by atoms with Crippen LogP contribution in [0.5, 0.6) is 5.75 Å². The number of aromatic nitrogens is 2. The van der Waals surface area contributed by atoms with E-state index in [4.69, 9.17) is 4.74 Å². The van der Waals surface area contributed by atoms with Crippen molar-refractivity contribution in [3.05, 3.63) is 58.3 Å². The number of carbonyl (C=O) groups excluding carboxylic acids is 1. The van der Waals surface area contributed by atoms with Gasteiger partial charge in [-0.2, -0.15) is 0 Å². The van der Waals surface area contributed by atoms with Crippen molar-refractivity contribution in [2.75, 3.05) is 11.5 Å². The van der Waals surface area contributed by atoms with Crippen LogP contribution in [0, 0.1) is 11.2 Å². The lowest BCUT2D eigenvalue weighted by Crippen LogP contribution is -2.47. The van der Waals surface area contributed by atoms with Gasteiger partial charge in [-0.05, 0) is 51.1 Å². The summed E-state index contributed by atoms with van der Waals surface area (Å²) in [6.07, 6.45) is -1.65. The van der Waals surface area contributed by atoms with Crippen molar-refractivity contribution in [1.82, 2.24) is 9.13 Å². The Morgan fingerprint density at radius 1 is 1.16 bits per heavy atom. The summed E-state index contributed by atoms with van der Waals surface area (Å²) in [6, 6.07) is 7.24. The van der Waals surface area contributed by atoms with Crippen molar-refractivity contribution in [1.29, 1.82) is 0 Å². The minimum atomic E-state index is -3.13. The molecule has 0 amide bonds. The van der Waals surface area contributed by atoms with Gasteiger partial charge in [0.1, 0.15) is 11.6 Å². The van der Waals surface area contributed by atoms with Gasteiger partial charge in [0.2, 0.25) is 6.36 Å². The van der Waals surface area contributed by atoms with Crippen LogP contribution in [-0.2, 0) is 9.84 Å². The number of aliphatic hydroxyl groups is 1. The summed E-state index contributed by atoms with van der Waals surface area (Å²) in [5, 5.41) is 10.7. The molecule has 0 bridgehead atoms. The molecular formula is C26H30F2N2O6S. The molecule has 1 unspecified atom stereocenters. The van der Waals surface area contributed by atoms with Crippen molar-refractivity contribution >= 4 is 26.7 Å². The van der Waals surface area contributed by atoms with Crippen molar-refractivity contribution in [3.63, 3.8) is 0 Å². The highest BCUT2D eigenvalue weighted by Gasteiger charge is 2.45. The van der Waals surface area contributed by atoms with E-state index in [0.29, 0.717) is 0 Å². The molecular weight excluding hydrogens is 506 g/mol. The first-order valence-corrected chi connectivity index (χ1v) is 13.7. The number of halogens is 2. The first-order valence-electron chi connectivity index (χ1n) is 11.8. The van der Waals surface area contributed by atoms with Crippen LogP contribution in [0.3, 0.4) is 0 Å². The molecule has 11 heteroatoms. The minimum Gasteiger partial charge on any atom is -0.461 e. The predicted octanol–water partition coefficient (Wildman–Crippen LogP) is 3.97. The Morgan fingerprint density at radius 3 is 2.38 bits per heavy atom. The SMILES string of the molecule is CC(F)Oc1ccc(F)c(-n2c(=O)n([C@@H](C)C(C)(C)O)c3cc(C(=O)CC4(C)CS(=O)(=O)C4)ccc32)c1. The number of fused-ring (bicyclic) bond motifs is 1. The quantitative estimate of drug-likeness (QED) is 0.437. The number of rotatable bonds is 8. The number of carbonyl (C=O) groups is 1. The summed E-state index contributed by atoms with van der Waals surface area (Å²) in [5.41, 5.74) is -2.06. The van der Waals surface area contributed by atoms with Crippen molar-refractivity contribution < 1.29 is 31.8 Å². The Bertz CT molecular complexity index is 1540. The van der Waals surface area contributed by atoms with Gasteiger partial charge in [0.05, 0.1) is 39.9 Å². The molecule has 1 saturated heterocycles. The number of hydrogen-bond donors (Lipinski definition) is 1. The molecule has 0 radical (unpaired) electrons. The van der Waals surface area contributed by atoms with E-state index in [2.05, 4.69) is 0 Å². The van der Waals surface area contributed by atoms with Gasteiger partial charge in [-0.15, -0.1) is 0 Å². The van der Waals surface area contributed by atoms with Gasteiger partial charge in [-0.3, -0.25) is 13.9 Å². The Morgan fingerprint density at radius 2 is 1.81 bits per heavy atom. The first-order chi connectivity index (χ1) is 17.0. The molecule has 0 aliphatic carbocycles. The van der Waals surface area contributed by atoms with Crippen LogP contribution in [0.1, 0.15) is 57.4 Å². The van der Waals surface area contributed by atoms with Gasteiger partial charge in [0, 0.05) is 30.4 Å². The second-order valence-corrected chi connectivity index (χ2v) is 12.8. The molecule has 8 nitrogen and oxygen atoms in total. The van der Waals surface area contributed by atoms with Crippen LogP contribution in [-0.4, -0.2) is 51.9 Å². The van der Waals surface area contributed by atoms with Crippen LogP contribution in [0.25, 0.3) is 16.7 Å². The van der Waals surface area contributed by atoms with Crippen LogP contribution in [0.2, 0.25) is 0 Å². The fourth-order valence-corrected chi connectivity index (χ4v) is 7.09. The molecule has 0 saturated carbocycles. The number of sulfone groups is 1. The number of nitrogens with zero attached hydrogens (tertiary/aromatic N) is 2. The first kappa shape index (κ1) is 27.0. The number of alkyl halides is 1. The summed E-state index contributed by atoms with van der Waals surface area (Å²) in [5.74, 6) is -1.17. The van der Waals surface area contributed by atoms with E-state index < -0.39 is 44.8 Å². The van der Waals surface area contributed by atoms with Gasteiger partial charge in [0.25, 0.3) is 0 Å². The number of imidazole rings is 1. The molecule has 37 heavy (non-hydrogen) atoms. The van der Waals surface area contributed by atoms with Crippen LogP contribution < -0.4 is 10.4 Å². The summed E-state index contributed by atoms with van der Waals surface area (Å²) >= 11 is 0. The molecule has 2 atom stereocenters. The van der Waals surface area contributed by atoms with Crippen molar-refractivity contribution in [2.24, 2.45) is 5.41 Å². The summed E-state index contributed by atoms with van der Waals surface area (Å²) in [6.45, 7) is 7.59. The molecule has 4 rings (SSSR count). The standard InChI is InChI=1S/C26H30F2N2O6S/c1-15(25(3,4)33)29-22-10-17(23(31)12-26(5)13-37(34,35)14-26)6-9-20(22)30(24(29)32)21-11-18(36-16(2)27)7-8-19(21)28/h6-11,15-16,33H,12-14H2,1-5H3/t15-,16?/m0/s1. The van der Waals surface area contributed by atoms with Gasteiger partial charge in [-0.1, -0.05) is 6.92 Å². The van der Waals surface area contributed by atoms with E-state index in [-0.39, 0.29) is 51.7 Å². The predicted molar refractivity (Wildman–Crippen MR) is 135 cm³/mol. The van der Waals surface area contributed by atoms with E-state index >= 15 is 0 Å². The second kappa shape index (κ2) is 9.05. The van der Waals surface area contributed by atoms with E-state index in [0.717, 1.165) is 10.6 Å². The molecule has 200 valence electrons. The largest absolute Gasteiger partial charge is 0.461 e. The van der Waals surface area contributed by atoms with E-state index in [1.807, 2.05) is 0 Å². The number of hydrogen-bond acceptors (Lipinski definition) is 6. The van der Waals surface area contributed by atoms with Gasteiger partial charge in [-0.25, -0.2) is 22.0 Å². The zero-order valence-corrected chi connectivity index (χ0v) is 22.1. The number of ether oxygens (including phenoxy) is 1. The molecule has 3 aromatic rings. The lowest BCUT2D eigenvalue weighted by atomic mass is 9.86. The highest BCUT2D eigenvalue weighted by Crippen LogP contribution is 2.37. The summed E-state index contributed by atoms with van der Waals surface area (Å²) in [4.78, 5) is 26.8. The Kier molecular flexibility index (Phi) is 6.61. The molecule has 1 aliphatic rings. The van der Waals surface area contributed by atoms with Crippen molar-refractivity contribution in [3.8, 4) is 11.4 Å². The van der Waals surface area contributed by atoms with E-state index in [9.17, 15) is 31.9 Å². The summed E-state index contributed by atoms with van der Waals surface area (Å²) < 4.78 is 59.1. The fraction of sp³-hybridized carbons (Fsp3) is 0.462. The minimum absolute atomic E-state index is 0.0130. The second-order valence-electron chi connectivity index (χ2n) is 10.7. The third-order valence-electron chi connectivity index (χ3n) is 6.79. The van der Waals surface area contributed by atoms with Crippen molar-refractivity contribution in [2.45, 2.75) is 59.0 Å². The maximum atomic E-state index is 15.0. The topological polar surface area (TPSA) is 108 Å². The molecule has 1 N–H and O–H groups in total. The average molecular weight is 537 g/mol. The highest BCUT2D eigenvalue weighted by atomic mass is 32.2. The normalized spacial score (nSPS) is 18.3. The van der Waals surface area contributed by atoms with E-state index in [1.165, 1.54) is 55.7 Å². The maximum Gasteiger partial charge on any atom is 0.334 e. The lowest BCUT2D eigenvalue weighted by Gasteiger charge is -2.37. The molecule has 0 spiro atoms. The highest BCUT2D eigenvalue weighted by molar-refractivity contribution is 7.92. The van der Waals surface area contributed by atoms with Crippen LogP contribution >= 0.6 is 0 Å². The lowest BCUT2D eigenvalue weighted by molar-refractivity contribution is 0.0307. The van der Waals surface area contributed by atoms with Gasteiger partial charge < -0.3 is 9.84 Å². The Balaban J connectivity index is 1.88. The zero-order valence-electron chi connectivity index (χ0n) is 21.3. The number of ketones is 1. The third kappa shape index (κ3) is 5.19. The van der Waals surface area contributed by atoms with Gasteiger partial charge in [0.15, 0.2) is 15.6 Å². The number of Topliss-reactive ketones (excluding diaryl/α,β-unsaturated/α-hetero) is 1. The molecule has 1 fully saturated rings. The van der Waals surface area contributed by atoms with Gasteiger partial charge >= 0.3 is 5.69 Å². The fourth-order valence-electron chi connectivity index (χ4n) is 4.85. The monoisotopic (exact) mass is 536 g/mol. The molecule has 2 aromatic carbocycles. The van der Waals surface area contributed by atoms with E-state index in [1.54, 1.807) is 13.8 Å². The average Bonchev–Trinajstić information content (AvgIpc) is 3.02. The molecule has 1 aliphatic heterocycles. The van der Waals surface area contributed by atoms with Crippen LogP contribution in [0.15, 0.2) is 41.2 Å². The zero-order chi connectivity index (χ0) is 27.5. The molecule has 2 heterocycles. The summed E-state index contributed by atoms with van der Waals surface area (Å²) in [7, 11) is -3.13. The van der Waals surface area contributed by atoms with Crippen LogP contribution in [0.4, 0.5) is 8.78 Å². The molecule has 1 aromatic heterocycles. The maximum absolute atomic E-state index is 15.0. The number of benzene rings is 2. The Hall–Kier alpha value is -3.05. The Labute approximate surface area is 213 Å². The smallest absolute Gasteiger partial charge is 0.334 e.